The second-order valence-corrected chi connectivity index (χ2v) is 1.79. The molecule has 1 aromatic carbocycles. The van der Waals surface area contributed by atoms with Crippen molar-refractivity contribution < 1.29 is 15.3 Å². The molecule has 3 heteroatoms. The van der Waals surface area contributed by atoms with E-state index in [4.69, 9.17) is 15.3 Å². The second-order valence-electron chi connectivity index (χ2n) is 1.79. The van der Waals surface area contributed by atoms with Gasteiger partial charge in [-0.3, -0.25) is 0 Å². The van der Waals surface area contributed by atoms with E-state index in [1.54, 1.807) is 24.3 Å². The minimum atomic E-state index is -0.104. The lowest BCUT2D eigenvalue weighted by Gasteiger charge is -1.96. The zero-order valence-electron chi connectivity index (χ0n) is 6.36. The van der Waals surface area contributed by atoms with Crippen LogP contribution in [0.15, 0.2) is 24.3 Å². The Morgan fingerprint density at radius 3 is 2.09 bits per heavy atom. The van der Waals surface area contributed by atoms with Gasteiger partial charge < -0.3 is 15.3 Å². The first kappa shape index (κ1) is 9.94. The normalized spacial score (nSPS) is 8.27. The van der Waals surface area contributed by atoms with Crippen LogP contribution < -0.4 is 0 Å². The first-order valence-electron chi connectivity index (χ1n) is 3.17. The molecule has 1 aromatic rings. The third-order valence-corrected chi connectivity index (χ3v) is 1.16. The number of rotatable bonds is 1. The number of hydrogen-bond acceptors (Lipinski definition) is 3. The van der Waals surface area contributed by atoms with Crippen molar-refractivity contribution in [2.24, 2.45) is 0 Å². The summed E-state index contributed by atoms with van der Waals surface area (Å²) in [4.78, 5) is 0. The molecule has 3 N–H and O–H groups in total. The standard InChI is InChI=1S/C7H8O2.CH4O/c8-5-6-3-1-2-4-7(6)9;1-2/h1-4,8-9H,5H2;2H,1H3. The molecule has 0 spiro atoms. The topological polar surface area (TPSA) is 60.7 Å². The Hall–Kier alpha value is -1.06. The second kappa shape index (κ2) is 5.70. The van der Waals surface area contributed by atoms with Crippen LogP contribution in [0.5, 0.6) is 5.75 Å². The smallest absolute Gasteiger partial charge is 0.121 e. The van der Waals surface area contributed by atoms with Crippen molar-refractivity contribution in [2.75, 3.05) is 7.11 Å². The number of hydrogen-bond donors (Lipinski definition) is 3. The number of aliphatic hydroxyl groups excluding tert-OH is 2. The highest BCUT2D eigenvalue weighted by Gasteiger charge is 1.93. The largest absolute Gasteiger partial charge is 0.508 e. The molecule has 0 aliphatic heterocycles. The zero-order valence-corrected chi connectivity index (χ0v) is 6.36. The van der Waals surface area contributed by atoms with E-state index < -0.39 is 0 Å². The van der Waals surface area contributed by atoms with E-state index in [0.29, 0.717) is 5.56 Å². The van der Waals surface area contributed by atoms with Gasteiger partial charge in [0.25, 0.3) is 0 Å². The molecule has 0 aliphatic rings. The summed E-state index contributed by atoms with van der Waals surface area (Å²) in [6.07, 6.45) is 0. The van der Waals surface area contributed by atoms with Gasteiger partial charge in [0.05, 0.1) is 6.61 Å². The van der Waals surface area contributed by atoms with Gasteiger partial charge in [0, 0.05) is 12.7 Å². The third-order valence-electron chi connectivity index (χ3n) is 1.16. The molecule has 0 fully saturated rings. The summed E-state index contributed by atoms with van der Waals surface area (Å²) in [6, 6.07) is 6.71. The molecule has 0 bridgehead atoms. The fraction of sp³-hybridized carbons (Fsp3) is 0.250. The lowest BCUT2D eigenvalue weighted by molar-refractivity contribution is 0.275. The summed E-state index contributed by atoms with van der Waals surface area (Å²) in [5, 5.41) is 24.5. The Kier molecular flexibility index (Phi) is 5.15. The molecule has 0 unspecified atom stereocenters. The van der Waals surface area contributed by atoms with Crippen molar-refractivity contribution in [1.82, 2.24) is 0 Å². The molecular formula is C8H12O3. The molecule has 0 aliphatic carbocycles. The minimum absolute atomic E-state index is 0.104. The van der Waals surface area contributed by atoms with Crippen LogP contribution in [0, 0.1) is 0 Å². The average Bonchev–Trinajstić information content (AvgIpc) is 2.09. The van der Waals surface area contributed by atoms with Crippen molar-refractivity contribution in [2.45, 2.75) is 6.61 Å². The summed E-state index contributed by atoms with van der Waals surface area (Å²) >= 11 is 0. The summed E-state index contributed by atoms with van der Waals surface area (Å²) in [6.45, 7) is -0.104. The molecule has 1 rings (SSSR count). The van der Waals surface area contributed by atoms with Crippen LogP contribution in [0.3, 0.4) is 0 Å². The Morgan fingerprint density at radius 1 is 1.18 bits per heavy atom. The first-order valence-corrected chi connectivity index (χ1v) is 3.17. The fourth-order valence-electron chi connectivity index (χ4n) is 0.645. The number of phenols is 1. The van der Waals surface area contributed by atoms with Crippen LogP contribution in [0.2, 0.25) is 0 Å². The molecule has 0 heterocycles. The van der Waals surface area contributed by atoms with Crippen molar-refractivity contribution in [3.63, 3.8) is 0 Å². The number of para-hydroxylation sites is 1. The quantitative estimate of drug-likeness (QED) is 0.554. The predicted molar refractivity (Wildman–Crippen MR) is 42.2 cm³/mol. The van der Waals surface area contributed by atoms with Crippen molar-refractivity contribution >= 4 is 0 Å². The first-order chi connectivity index (χ1) is 5.34. The highest BCUT2D eigenvalue weighted by atomic mass is 16.3. The van der Waals surface area contributed by atoms with Crippen LogP contribution in [0.1, 0.15) is 5.56 Å². The zero-order chi connectivity index (χ0) is 8.69. The Labute approximate surface area is 65.5 Å². The Morgan fingerprint density at radius 2 is 1.73 bits per heavy atom. The van der Waals surface area contributed by atoms with E-state index in [-0.39, 0.29) is 12.4 Å². The molecular weight excluding hydrogens is 144 g/mol. The maximum atomic E-state index is 8.95. The Balaban J connectivity index is 0.000000461. The molecule has 3 nitrogen and oxygen atoms in total. The summed E-state index contributed by atoms with van der Waals surface area (Å²) in [5.41, 5.74) is 0.567. The van der Waals surface area contributed by atoms with E-state index in [1.165, 1.54) is 0 Å². The van der Waals surface area contributed by atoms with Gasteiger partial charge >= 0.3 is 0 Å². The van der Waals surface area contributed by atoms with E-state index in [0.717, 1.165) is 7.11 Å². The molecule has 0 aromatic heterocycles. The maximum absolute atomic E-state index is 8.95. The van der Waals surface area contributed by atoms with Crippen molar-refractivity contribution in [3.8, 4) is 5.75 Å². The summed E-state index contributed by atoms with van der Waals surface area (Å²) < 4.78 is 0. The van der Waals surface area contributed by atoms with Crippen LogP contribution in [-0.4, -0.2) is 22.4 Å². The van der Waals surface area contributed by atoms with Gasteiger partial charge in [-0.25, -0.2) is 0 Å². The molecule has 0 amide bonds. The molecule has 0 atom stereocenters. The van der Waals surface area contributed by atoms with Gasteiger partial charge in [-0.2, -0.15) is 0 Å². The predicted octanol–water partition coefficient (Wildman–Crippen LogP) is 0.493. The highest BCUT2D eigenvalue weighted by Crippen LogP contribution is 2.14. The van der Waals surface area contributed by atoms with Gasteiger partial charge in [0.15, 0.2) is 0 Å². The molecule has 62 valence electrons. The minimum Gasteiger partial charge on any atom is -0.508 e. The lowest BCUT2D eigenvalue weighted by Crippen LogP contribution is -1.80. The van der Waals surface area contributed by atoms with Gasteiger partial charge in [-0.05, 0) is 6.07 Å². The molecule has 0 saturated heterocycles. The molecule has 0 saturated carbocycles. The Bertz CT molecular complexity index is 198. The number of benzene rings is 1. The van der Waals surface area contributed by atoms with Gasteiger partial charge in [0.2, 0.25) is 0 Å². The van der Waals surface area contributed by atoms with Gasteiger partial charge in [-0.15, -0.1) is 0 Å². The maximum Gasteiger partial charge on any atom is 0.121 e. The summed E-state index contributed by atoms with van der Waals surface area (Å²) in [5.74, 6) is 0.153. The van der Waals surface area contributed by atoms with Gasteiger partial charge in [-0.1, -0.05) is 18.2 Å². The highest BCUT2D eigenvalue weighted by molar-refractivity contribution is 5.30. The SMILES string of the molecule is CO.OCc1ccccc1O. The van der Waals surface area contributed by atoms with E-state index in [2.05, 4.69) is 0 Å². The lowest BCUT2D eigenvalue weighted by atomic mass is 10.2. The fourth-order valence-corrected chi connectivity index (χ4v) is 0.645. The third kappa shape index (κ3) is 3.02. The molecule has 0 radical (unpaired) electrons. The van der Waals surface area contributed by atoms with Crippen LogP contribution >= 0.6 is 0 Å². The monoisotopic (exact) mass is 156 g/mol. The van der Waals surface area contributed by atoms with E-state index in [9.17, 15) is 0 Å². The van der Waals surface area contributed by atoms with Crippen LogP contribution in [-0.2, 0) is 6.61 Å². The number of aromatic hydroxyl groups is 1. The van der Waals surface area contributed by atoms with Crippen LogP contribution in [0.4, 0.5) is 0 Å². The van der Waals surface area contributed by atoms with Gasteiger partial charge in [0.1, 0.15) is 5.75 Å². The molecule has 11 heavy (non-hydrogen) atoms. The van der Waals surface area contributed by atoms with Crippen molar-refractivity contribution in [3.05, 3.63) is 29.8 Å². The van der Waals surface area contributed by atoms with E-state index >= 15 is 0 Å². The average molecular weight is 156 g/mol. The number of aliphatic hydroxyl groups is 2. The van der Waals surface area contributed by atoms with E-state index in [1.807, 2.05) is 0 Å². The van der Waals surface area contributed by atoms with Crippen molar-refractivity contribution in [1.29, 1.82) is 0 Å². The summed E-state index contributed by atoms with van der Waals surface area (Å²) in [7, 11) is 1.00. The van der Waals surface area contributed by atoms with Crippen LogP contribution in [0.25, 0.3) is 0 Å².